The standard InChI is InChI=1S/C12H15N3O3/c1-12(17-5-6-18-12)7-11(16)15-14-9-10-3-2-4-13-8-10/h2-4,8-9H,5-7H2,1H3,(H,15,16)/b14-9+. The molecule has 2 rings (SSSR count). The first-order valence-electron chi connectivity index (χ1n) is 5.68. The number of carbonyl (C=O) groups is 1. The van der Waals surface area contributed by atoms with Gasteiger partial charge in [-0.3, -0.25) is 9.78 Å². The van der Waals surface area contributed by atoms with Crippen LogP contribution in [0.15, 0.2) is 29.6 Å². The molecule has 6 heteroatoms. The van der Waals surface area contributed by atoms with Gasteiger partial charge >= 0.3 is 0 Å². The molecule has 0 aromatic carbocycles. The van der Waals surface area contributed by atoms with E-state index in [1.165, 1.54) is 6.21 Å². The Kier molecular flexibility index (Phi) is 4.01. The van der Waals surface area contributed by atoms with Crippen molar-refractivity contribution in [2.24, 2.45) is 5.10 Å². The number of pyridine rings is 1. The van der Waals surface area contributed by atoms with E-state index < -0.39 is 5.79 Å². The summed E-state index contributed by atoms with van der Waals surface area (Å²) in [6.45, 7) is 2.77. The van der Waals surface area contributed by atoms with Crippen molar-refractivity contribution in [1.29, 1.82) is 0 Å². The summed E-state index contributed by atoms with van der Waals surface area (Å²) in [7, 11) is 0. The second kappa shape index (κ2) is 5.70. The Morgan fingerprint density at radius 2 is 2.39 bits per heavy atom. The molecule has 0 bridgehead atoms. The number of hydrazone groups is 1. The molecule has 2 heterocycles. The number of nitrogens with zero attached hydrogens (tertiary/aromatic N) is 2. The number of hydrogen-bond acceptors (Lipinski definition) is 5. The van der Waals surface area contributed by atoms with E-state index >= 15 is 0 Å². The number of ether oxygens (including phenoxy) is 2. The molecule has 1 saturated heterocycles. The first kappa shape index (κ1) is 12.7. The summed E-state index contributed by atoms with van der Waals surface area (Å²) in [4.78, 5) is 15.5. The Balaban J connectivity index is 1.80. The summed E-state index contributed by atoms with van der Waals surface area (Å²) in [6, 6.07) is 3.64. The van der Waals surface area contributed by atoms with Gasteiger partial charge in [-0.25, -0.2) is 5.43 Å². The minimum atomic E-state index is -0.825. The van der Waals surface area contributed by atoms with Gasteiger partial charge < -0.3 is 9.47 Å². The highest BCUT2D eigenvalue weighted by Gasteiger charge is 2.33. The van der Waals surface area contributed by atoms with Crippen molar-refractivity contribution < 1.29 is 14.3 Å². The van der Waals surface area contributed by atoms with Gasteiger partial charge in [0.25, 0.3) is 0 Å². The highest BCUT2D eigenvalue weighted by molar-refractivity contribution is 5.82. The fourth-order valence-corrected chi connectivity index (χ4v) is 1.62. The summed E-state index contributed by atoms with van der Waals surface area (Å²) in [5.41, 5.74) is 3.24. The smallest absolute Gasteiger partial charge is 0.245 e. The van der Waals surface area contributed by atoms with Crippen LogP contribution in [0.25, 0.3) is 0 Å². The van der Waals surface area contributed by atoms with E-state index in [2.05, 4.69) is 15.5 Å². The zero-order chi connectivity index (χ0) is 12.8. The van der Waals surface area contributed by atoms with Crippen molar-refractivity contribution in [2.45, 2.75) is 19.1 Å². The number of carbonyl (C=O) groups excluding carboxylic acids is 1. The van der Waals surface area contributed by atoms with Crippen molar-refractivity contribution >= 4 is 12.1 Å². The van der Waals surface area contributed by atoms with Crippen LogP contribution in [0, 0.1) is 0 Å². The molecule has 18 heavy (non-hydrogen) atoms. The van der Waals surface area contributed by atoms with Gasteiger partial charge in [0.2, 0.25) is 5.91 Å². The summed E-state index contributed by atoms with van der Waals surface area (Å²) in [5, 5.41) is 3.84. The number of nitrogens with one attached hydrogen (secondary N) is 1. The Labute approximate surface area is 105 Å². The predicted molar refractivity (Wildman–Crippen MR) is 64.9 cm³/mol. The third-order valence-corrected chi connectivity index (χ3v) is 2.47. The van der Waals surface area contributed by atoms with Gasteiger partial charge in [-0.05, 0) is 13.0 Å². The summed E-state index contributed by atoms with van der Waals surface area (Å²) in [5.74, 6) is -1.08. The van der Waals surface area contributed by atoms with Gasteiger partial charge in [0, 0.05) is 18.0 Å². The van der Waals surface area contributed by atoms with Crippen LogP contribution in [0.2, 0.25) is 0 Å². The van der Waals surface area contributed by atoms with E-state index in [4.69, 9.17) is 9.47 Å². The molecule has 96 valence electrons. The van der Waals surface area contributed by atoms with E-state index in [9.17, 15) is 4.79 Å². The summed E-state index contributed by atoms with van der Waals surface area (Å²) < 4.78 is 10.7. The van der Waals surface area contributed by atoms with Gasteiger partial charge in [-0.15, -0.1) is 0 Å². The highest BCUT2D eigenvalue weighted by atomic mass is 16.7. The molecule has 0 radical (unpaired) electrons. The SMILES string of the molecule is CC1(CC(=O)N/N=C/c2cccnc2)OCCO1. The lowest BCUT2D eigenvalue weighted by atomic mass is 10.2. The van der Waals surface area contributed by atoms with E-state index in [1.807, 2.05) is 6.07 Å². The molecular formula is C12H15N3O3. The van der Waals surface area contributed by atoms with Gasteiger partial charge in [-0.2, -0.15) is 5.10 Å². The third-order valence-electron chi connectivity index (χ3n) is 2.47. The number of rotatable bonds is 4. The zero-order valence-electron chi connectivity index (χ0n) is 10.1. The third kappa shape index (κ3) is 3.61. The van der Waals surface area contributed by atoms with Crippen LogP contribution in [-0.2, 0) is 14.3 Å². The molecule has 1 aliphatic heterocycles. The Bertz CT molecular complexity index is 427. The number of hydrogen-bond donors (Lipinski definition) is 1. The molecule has 0 unspecified atom stereocenters. The van der Waals surface area contributed by atoms with E-state index in [0.29, 0.717) is 13.2 Å². The van der Waals surface area contributed by atoms with E-state index in [-0.39, 0.29) is 12.3 Å². The fraction of sp³-hybridized carbons (Fsp3) is 0.417. The minimum absolute atomic E-state index is 0.122. The molecule has 0 spiro atoms. The fourth-order valence-electron chi connectivity index (χ4n) is 1.62. The maximum atomic E-state index is 11.6. The molecule has 1 aliphatic rings. The van der Waals surface area contributed by atoms with Gasteiger partial charge in [0.1, 0.15) is 0 Å². The largest absolute Gasteiger partial charge is 0.347 e. The van der Waals surface area contributed by atoms with Crippen molar-refractivity contribution in [2.75, 3.05) is 13.2 Å². The molecule has 1 fully saturated rings. The van der Waals surface area contributed by atoms with Crippen LogP contribution in [0.1, 0.15) is 18.9 Å². The van der Waals surface area contributed by atoms with Crippen molar-refractivity contribution in [3.63, 3.8) is 0 Å². The molecule has 1 aromatic rings. The molecule has 6 nitrogen and oxygen atoms in total. The monoisotopic (exact) mass is 249 g/mol. The molecular weight excluding hydrogens is 234 g/mol. The van der Waals surface area contributed by atoms with Gasteiger partial charge in [0.15, 0.2) is 5.79 Å². The van der Waals surface area contributed by atoms with Crippen LogP contribution >= 0.6 is 0 Å². The Morgan fingerprint density at radius 3 is 3.06 bits per heavy atom. The Hall–Kier alpha value is -1.79. The topological polar surface area (TPSA) is 72.8 Å². The van der Waals surface area contributed by atoms with Gasteiger partial charge in [0.05, 0.1) is 25.8 Å². The quantitative estimate of drug-likeness (QED) is 0.629. The molecule has 0 aliphatic carbocycles. The number of aromatic nitrogens is 1. The molecule has 0 saturated carbocycles. The average Bonchev–Trinajstić information content (AvgIpc) is 2.77. The van der Waals surface area contributed by atoms with Gasteiger partial charge in [-0.1, -0.05) is 6.07 Å². The van der Waals surface area contributed by atoms with Crippen LogP contribution in [0.3, 0.4) is 0 Å². The van der Waals surface area contributed by atoms with Crippen LogP contribution in [0.4, 0.5) is 0 Å². The van der Waals surface area contributed by atoms with E-state index in [1.54, 1.807) is 25.4 Å². The predicted octanol–water partition coefficient (Wildman–Crippen LogP) is 0.685. The van der Waals surface area contributed by atoms with Crippen LogP contribution in [-0.4, -0.2) is 36.1 Å². The van der Waals surface area contributed by atoms with Crippen LogP contribution < -0.4 is 5.43 Å². The summed E-state index contributed by atoms with van der Waals surface area (Å²) >= 11 is 0. The molecule has 1 N–H and O–H groups in total. The summed E-state index contributed by atoms with van der Waals surface area (Å²) in [6.07, 6.45) is 4.98. The van der Waals surface area contributed by atoms with Crippen molar-refractivity contribution in [3.8, 4) is 0 Å². The second-order valence-electron chi connectivity index (χ2n) is 4.09. The molecule has 1 amide bonds. The first-order valence-corrected chi connectivity index (χ1v) is 5.68. The maximum absolute atomic E-state index is 11.6. The zero-order valence-corrected chi connectivity index (χ0v) is 10.1. The van der Waals surface area contributed by atoms with Crippen molar-refractivity contribution in [3.05, 3.63) is 30.1 Å². The normalized spacial score (nSPS) is 18.1. The second-order valence-corrected chi connectivity index (χ2v) is 4.09. The lowest BCUT2D eigenvalue weighted by molar-refractivity contribution is -0.159. The minimum Gasteiger partial charge on any atom is -0.347 e. The lowest BCUT2D eigenvalue weighted by Crippen LogP contribution is -2.33. The van der Waals surface area contributed by atoms with E-state index in [0.717, 1.165) is 5.56 Å². The highest BCUT2D eigenvalue weighted by Crippen LogP contribution is 2.21. The molecule has 1 aromatic heterocycles. The lowest BCUT2D eigenvalue weighted by Gasteiger charge is -2.20. The molecule has 0 atom stereocenters. The van der Waals surface area contributed by atoms with Crippen LogP contribution in [0.5, 0.6) is 0 Å². The average molecular weight is 249 g/mol. The Morgan fingerprint density at radius 1 is 1.61 bits per heavy atom. The maximum Gasteiger partial charge on any atom is 0.245 e. The number of amides is 1. The first-order chi connectivity index (χ1) is 8.68. The van der Waals surface area contributed by atoms with Crippen molar-refractivity contribution in [1.82, 2.24) is 10.4 Å².